The summed E-state index contributed by atoms with van der Waals surface area (Å²) < 4.78 is 4.49. The summed E-state index contributed by atoms with van der Waals surface area (Å²) >= 11 is 1.48. The van der Waals surface area contributed by atoms with Crippen LogP contribution in [0.2, 0.25) is 0 Å². The standard InChI is InChI=1S/C17H16N4OS/c1-4-10-21-13-7-6-12(5-2)11-15(13)23-17(21)19-16(22)14-8-9-18-20(14)3/h1,6-9,11H,5,10H2,2-3H3. The third-order valence-electron chi connectivity index (χ3n) is 3.64. The van der Waals surface area contributed by atoms with Crippen molar-refractivity contribution < 1.29 is 4.79 Å². The van der Waals surface area contributed by atoms with Crippen molar-refractivity contribution >= 4 is 27.5 Å². The number of aryl methyl sites for hydroxylation is 2. The van der Waals surface area contributed by atoms with Gasteiger partial charge in [0.1, 0.15) is 5.69 Å². The van der Waals surface area contributed by atoms with Gasteiger partial charge in [0.2, 0.25) is 0 Å². The molecule has 23 heavy (non-hydrogen) atoms. The lowest BCUT2D eigenvalue weighted by molar-refractivity contribution is 0.0989. The Bertz CT molecular complexity index is 984. The van der Waals surface area contributed by atoms with Crippen molar-refractivity contribution in [2.75, 3.05) is 0 Å². The van der Waals surface area contributed by atoms with E-state index in [0.717, 1.165) is 16.6 Å². The second-order valence-electron chi connectivity index (χ2n) is 5.09. The van der Waals surface area contributed by atoms with Gasteiger partial charge in [-0.1, -0.05) is 30.2 Å². The minimum Gasteiger partial charge on any atom is -0.305 e. The van der Waals surface area contributed by atoms with Crippen LogP contribution in [0.4, 0.5) is 0 Å². The number of rotatable bonds is 3. The molecular formula is C17H16N4OS. The van der Waals surface area contributed by atoms with Crippen molar-refractivity contribution in [3.8, 4) is 12.3 Å². The monoisotopic (exact) mass is 324 g/mol. The van der Waals surface area contributed by atoms with Crippen molar-refractivity contribution in [2.24, 2.45) is 12.0 Å². The highest BCUT2D eigenvalue weighted by atomic mass is 32.1. The SMILES string of the molecule is C#CCn1c(=NC(=O)c2ccnn2C)sc2cc(CC)ccc21. The van der Waals surface area contributed by atoms with Crippen LogP contribution in [0.15, 0.2) is 35.5 Å². The molecule has 0 radical (unpaired) electrons. The van der Waals surface area contributed by atoms with Crippen LogP contribution in [-0.4, -0.2) is 20.3 Å². The maximum atomic E-state index is 12.4. The van der Waals surface area contributed by atoms with Crippen molar-refractivity contribution in [3.63, 3.8) is 0 Å². The number of amides is 1. The van der Waals surface area contributed by atoms with Gasteiger partial charge in [-0.15, -0.1) is 6.42 Å². The van der Waals surface area contributed by atoms with E-state index in [2.05, 4.69) is 35.1 Å². The first kappa shape index (κ1) is 15.3. The van der Waals surface area contributed by atoms with Crippen molar-refractivity contribution in [3.05, 3.63) is 46.5 Å². The average Bonchev–Trinajstić information content (AvgIpc) is 3.11. The number of benzene rings is 1. The summed E-state index contributed by atoms with van der Waals surface area (Å²) in [5, 5.41) is 4.00. The Morgan fingerprint density at radius 1 is 1.43 bits per heavy atom. The minimum absolute atomic E-state index is 0.321. The lowest BCUT2D eigenvalue weighted by Crippen LogP contribution is -2.17. The Labute approximate surface area is 137 Å². The maximum Gasteiger partial charge on any atom is 0.297 e. The van der Waals surface area contributed by atoms with Crippen LogP contribution in [0.5, 0.6) is 0 Å². The fraction of sp³-hybridized carbons (Fsp3) is 0.235. The number of nitrogens with zero attached hydrogens (tertiary/aromatic N) is 4. The van der Waals surface area contributed by atoms with E-state index in [1.54, 1.807) is 19.3 Å². The molecule has 0 bridgehead atoms. The van der Waals surface area contributed by atoms with E-state index in [9.17, 15) is 4.79 Å². The van der Waals surface area contributed by atoms with Gasteiger partial charge in [0.25, 0.3) is 5.91 Å². The van der Waals surface area contributed by atoms with E-state index < -0.39 is 0 Å². The first-order chi connectivity index (χ1) is 11.1. The molecule has 0 spiro atoms. The van der Waals surface area contributed by atoms with Crippen LogP contribution in [-0.2, 0) is 20.0 Å². The largest absolute Gasteiger partial charge is 0.305 e. The molecule has 5 nitrogen and oxygen atoms in total. The quantitative estimate of drug-likeness (QED) is 0.695. The molecule has 0 fully saturated rings. The van der Waals surface area contributed by atoms with Gasteiger partial charge in [0, 0.05) is 13.2 Å². The highest BCUT2D eigenvalue weighted by Gasteiger charge is 2.11. The molecule has 3 aromatic rings. The number of aromatic nitrogens is 3. The zero-order valence-corrected chi connectivity index (χ0v) is 13.8. The Morgan fingerprint density at radius 2 is 2.26 bits per heavy atom. The van der Waals surface area contributed by atoms with E-state index in [1.807, 2.05) is 10.6 Å². The van der Waals surface area contributed by atoms with Gasteiger partial charge in [-0.2, -0.15) is 10.1 Å². The molecule has 2 heterocycles. The predicted molar refractivity (Wildman–Crippen MR) is 91.1 cm³/mol. The van der Waals surface area contributed by atoms with Crippen LogP contribution in [0.25, 0.3) is 10.2 Å². The molecule has 0 N–H and O–H groups in total. The first-order valence-electron chi connectivity index (χ1n) is 7.26. The number of thiazole rings is 1. The second kappa shape index (κ2) is 6.23. The zero-order valence-electron chi connectivity index (χ0n) is 13.0. The van der Waals surface area contributed by atoms with Crippen LogP contribution in [0.3, 0.4) is 0 Å². The average molecular weight is 324 g/mol. The van der Waals surface area contributed by atoms with E-state index in [1.165, 1.54) is 21.6 Å². The molecule has 0 aliphatic heterocycles. The number of carbonyl (C=O) groups excluding carboxylic acids is 1. The van der Waals surface area contributed by atoms with Crippen LogP contribution in [0, 0.1) is 12.3 Å². The summed E-state index contributed by atoms with van der Waals surface area (Å²) in [7, 11) is 1.72. The summed E-state index contributed by atoms with van der Waals surface area (Å²) in [5.41, 5.74) is 2.70. The van der Waals surface area contributed by atoms with Gasteiger partial charge >= 0.3 is 0 Å². The molecule has 3 rings (SSSR count). The summed E-state index contributed by atoms with van der Waals surface area (Å²) in [6, 6.07) is 7.89. The fourth-order valence-electron chi connectivity index (χ4n) is 2.39. The normalized spacial score (nSPS) is 11.8. The molecule has 116 valence electrons. The van der Waals surface area contributed by atoms with Crippen LogP contribution < -0.4 is 4.80 Å². The summed E-state index contributed by atoms with van der Waals surface area (Å²) in [4.78, 5) is 17.2. The fourth-order valence-corrected chi connectivity index (χ4v) is 3.49. The van der Waals surface area contributed by atoms with E-state index >= 15 is 0 Å². The number of carbonyl (C=O) groups is 1. The van der Waals surface area contributed by atoms with E-state index in [-0.39, 0.29) is 5.91 Å². The van der Waals surface area contributed by atoms with Crippen LogP contribution in [0.1, 0.15) is 23.0 Å². The molecule has 0 aliphatic rings. The number of terminal acetylenes is 1. The topological polar surface area (TPSA) is 52.2 Å². The molecule has 0 saturated heterocycles. The van der Waals surface area contributed by atoms with E-state index in [0.29, 0.717) is 17.0 Å². The van der Waals surface area contributed by atoms with Gasteiger partial charge in [0.05, 0.1) is 16.8 Å². The smallest absolute Gasteiger partial charge is 0.297 e. The van der Waals surface area contributed by atoms with Gasteiger partial charge < -0.3 is 4.57 Å². The van der Waals surface area contributed by atoms with E-state index in [4.69, 9.17) is 6.42 Å². The molecule has 1 aromatic carbocycles. The predicted octanol–water partition coefficient (Wildman–Crippen LogP) is 2.37. The van der Waals surface area contributed by atoms with Gasteiger partial charge in [-0.3, -0.25) is 9.48 Å². The Hall–Kier alpha value is -2.65. The second-order valence-corrected chi connectivity index (χ2v) is 6.10. The molecular weight excluding hydrogens is 308 g/mol. The highest BCUT2D eigenvalue weighted by Crippen LogP contribution is 2.19. The Morgan fingerprint density at radius 3 is 2.91 bits per heavy atom. The minimum atomic E-state index is -0.321. The maximum absolute atomic E-state index is 12.4. The number of hydrogen-bond donors (Lipinski definition) is 0. The summed E-state index contributed by atoms with van der Waals surface area (Å²) in [5.74, 6) is 2.31. The van der Waals surface area contributed by atoms with Gasteiger partial charge in [0.15, 0.2) is 4.80 Å². The summed E-state index contributed by atoms with van der Waals surface area (Å²) in [6.07, 6.45) is 8.02. The third-order valence-corrected chi connectivity index (χ3v) is 4.68. The zero-order chi connectivity index (χ0) is 16.4. The first-order valence-corrected chi connectivity index (χ1v) is 8.08. The number of fused-ring (bicyclic) bond motifs is 1. The molecule has 2 aromatic heterocycles. The van der Waals surface area contributed by atoms with Crippen molar-refractivity contribution in [2.45, 2.75) is 19.9 Å². The molecule has 0 aliphatic carbocycles. The Balaban J connectivity index is 2.18. The lowest BCUT2D eigenvalue weighted by atomic mass is 10.2. The van der Waals surface area contributed by atoms with Crippen LogP contribution >= 0.6 is 11.3 Å². The molecule has 0 unspecified atom stereocenters. The van der Waals surface area contributed by atoms with Crippen molar-refractivity contribution in [1.29, 1.82) is 0 Å². The molecule has 0 atom stereocenters. The summed E-state index contributed by atoms with van der Waals surface area (Å²) in [6.45, 7) is 2.49. The Kier molecular flexibility index (Phi) is 4.13. The van der Waals surface area contributed by atoms with Gasteiger partial charge in [-0.05, 0) is 30.2 Å². The van der Waals surface area contributed by atoms with Crippen molar-refractivity contribution in [1.82, 2.24) is 14.3 Å². The van der Waals surface area contributed by atoms with Gasteiger partial charge in [-0.25, -0.2) is 0 Å². The lowest BCUT2D eigenvalue weighted by Gasteiger charge is -2.01. The molecule has 1 amide bonds. The highest BCUT2D eigenvalue weighted by molar-refractivity contribution is 7.16. The third kappa shape index (κ3) is 2.83. The number of hydrogen-bond acceptors (Lipinski definition) is 3. The molecule has 0 saturated carbocycles. The molecule has 6 heteroatoms.